The molecule has 1 aliphatic heterocycles. The van der Waals surface area contributed by atoms with Crippen LogP contribution in [0.5, 0.6) is 0 Å². The summed E-state index contributed by atoms with van der Waals surface area (Å²) < 4.78 is 11.7. The first-order valence-corrected chi connectivity index (χ1v) is 8.24. The van der Waals surface area contributed by atoms with E-state index in [-0.39, 0.29) is 12.0 Å². The molecule has 0 spiro atoms. The van der Waals surface area contributed by atoms with E-state index in [0.717, 1.165) is 5.56 Å². The highest BCUT2D eigenvalue weighted by molar-refractivity contribution is 6.34. The number of hydrogen-bond donors (Lipinski definition) is 2. The first-order valence-electron chi connectivity index (χ1n) is 7.48. The lowest BCUT2D eigenvalue weighted by molar-refractivity contribution is -0.171. The van der Waals surface area contributed by atoms with Crippen LogP contribution in [-0.4, -0.2) is 36.6 Å². The summed E-state index contributed by atoms with van der Waals surface area (Å²) >= 11 is 12.0. The summed E-state index contributed by atoms with van der Waals surface area (Å²) in [6.07, 6.45) is -0.523. The Kier molecular flexibility index (Phi) is 6.28. The van der Waals surface area contributed by atoms with Crippen molar-refractivity contribution >= 4 is 29.2 Å². The van der Waals surface area contributed by atoms with Crippen molar-refractivity contribution < 1.29 is 19.4 Å². The maximum Gasteiger partial charge on any atom is 0.323 e. The average molecular weight is 362 g/mol. The van der Waals surface area contributed by atoms with Gasteiger partial charge in [-0.05, 0) is 43.7 Å². The van der Waals surface area contributed by atoms with Gasteiger partial charge in [0.25, 0.3) is 0 Å². The second-order valence-corrected chi connectivity index (χ2v) is 6.70. The lowest BCUT2D eigenvalue weighted by atomic mass is 9.97. The van der Waals surface area contributed by atoms with E-state index < -0.39 is 24.4 Å². The number of likely N-dealkylation sites (N-methyl/N-ethyl adjacent to an activating group) is 1. The molecule has 0 aliphatic carbocycles. The number of rotatable bonds is 6. The number of nitrogens with one attached hydrogen (secondary N) is 1. The molecule has 5 atom stereocenters. The van der Waals surface area contributed by atoms with Crippen LogP contribution in [0.15, 0.2) is 18.2 Å². The minimum absolute atomic E-state index is 0.0729. The second-order valence-electron chi connectivity index (χ2n) is 5.83. The van der Waals surface area contributed by atoms with Crippen LogP contribution >= 0.6 is 23.2 Å². The van der Waals surface area contributed by atoms with E-state index in [1.807, 2.05) is 13.8 Å². The van der Waals surface area contributed by atoms with Gasteiger partial charge in [0, 0.05) is 16.5 Å². The number of carboxylic acid groups (broad SMARTS) is 1. The standard InChI is InChI=1S/C16H21Cl2NO4/c1-8-4-13(23-15(8)14(19-3)16(20)21)22-9(2)10-5-11(17)7-12(18)6-10/h5-9,13-15,19H,4H2,1-3H3,(H,20,21)/t8-,9?,13?,14?,15-/m1/s1. The Hall–Kier alpha value is -0.850. The molecular weight excluding hydrogens is 341 g/mol. The molecule has 2 N–H and O–H groups in total. The lowest BCUT2D eigenvalue weighted by Crippen LogP contribution is -2.46. The van der Waals surface area contributed by atoms with Crippen molar-refractivity contribution in [1.82, 2.24) is 5.32 Å². The SMILES string of the molecule is CNC(C(=O)O)[C@@H]1OC(OC(C)c2cc(Cl)cc(Cl)c2)C[C@H]1C. The first kappa shape index (κ1) is 18.5. The van der Waals surface area contributed by atoms with E-state index >= 15 is 0 Å². The predicted molar refractivity (Wildman–Crippen MR) is 88.9 cm³/mol. The minimum Gasteiger partial charge on any atom is -0.480 e. The summed E-state index contributed by atoms with van der Waals surface area (Å²) in [6.45, 7) is 3.85. The predicted octanol–water partition coefficient (Wildman–Crippen LogP) is 3.49. The molecule has 1 fully saturated rings. The summed E-state index contributed by atoms with van der Waals surface area (Å²) in [5.41, 5.74) is 0.852. The Bertz CT molecular complexity index is 549. The van der Waals surface area contributed by atoms with Gasteiger partial charge < -0.3 is 19.9 Å². The van der Waals surface area contributed by atoms with Crippen molar-refractivity contribution in [3.8, 4) is 0 Å². The summed E-state index contributed by atoms with van der Waals surface area (Å²) in [6, 6.07) is 4.49. The van der Waals surface area contributed by atoms with Crippen molar-refractivity contribution in [2.75, 3.05) is 7.05 Å². The monoisotopic (exact) mass is 361 g/mol. The largest absolute Gasteiger partial charge is 0.480 e. The highest BCUT2D eigenvalue weighted by Gasteiger charge is 2.41. The minimum atomic E-state index is -0.931. The highest BCUT2D eigenvalue weighted by atomic mass is 35.5. The summed E-state index contributed by atoms with van der Waals surface area (Å²) in [7, 11) is 1.61. The van der Waals surface area contributed by atoms with Gasteiger partial charge in [-0.1, -0.05) is 30.1 Å². The first-order chi connectivity index (χ1) is 10.8. The molecule has 5 nitrogen and oxygen atoms in total. The van der Waals surface area contributed by atoms with Gasteiger partial charge in [0.1, 0.15) is 6.04 Å². The molecule has 1 aromatic rings. The molecular formula is C16H21Cl2NO4. The number of carbonyl (C=O) groups is 1. The maximum absolute atomic E-state index is 11.3. The lowest BCUT2D eigenvalue weighted by Gasteiger charge is -2.23. The van der Waals surface area contributed by atoms with Gasteiger partial charge in [-0.3, -0.25) is 4.79 Å². The third kappa shape index (κ3) is 4.58. The number of aliphatic carboxylic acids is 1. The van der Waals surface area contributed by atoms with Gasteiger partial charge >= 0.3 is 5.97 Å². The number of carboxylic acids is 1. The van der Waals surface area contributed by atoms with E-state index in [4.69, 9.17) is 32.7 Å². The fourth-order valence-electron chi connectivity index (χ4n) is 2.84. The summed E-state index contributed by atoms with van der Waals surface area (Å²) in [5, 5.41) is 13.1. The van der Waals surface area contributed by atoms with E-state index in [2.05, 4.69) is 5.32 Å². The third-order valence-corrected chi connectivity index (χ3v) is 4.49. The van der Waals surface area contributed by atoms with Crippen molar-refractivity contribution in [3.05, 3.63) is 33.8 Å². The van der Waals surface area contributed by atoms with E-state index in [0.29, 0.717) is 16.5 Å². The summed E-state index contributed by atoms with van der Waals surface area (Å²) in [4.78, 5) is 11.3. The Balaban J connectivity index is 2.02. The van der Waals surface area contributed by atoms with Crippen LogP contribution < -0.4 is 5.32 Å². The van der Waals surface area contributed by atoms with Gasteiger partial charge in [-0.2, -0.15) is 0 Å². The van der Waals surface area contributed by atoms with Gasteiger partial charge in [-0.25, -0.2) is 0 Å². The van der Waals surface area contributed by atoms with Crippen LogP contribution in [-0.2, 0) is 14.3 Å². The molecule has 1 aromatic carbocycles. The van der Waals surface area contributed by atoms with Crippen LogP contribution in [0.1, 0.15) is 31.9 Å². The Labute approximate surface area is 145 Å². The average Bonchev–Trinajstić information content (AvgIpc) is 2.79. The Morgan fingerprint density at radius 2 is 2.00 bits per heavy atom. The number of benzene rings is 1. The van der Waals surface area contributed by atoms with E-state index in [1.165, 1.54) is 0 Å². The van der Waals surface area contributed by atoms with Crippen LogP contribution in [0, 0.1) is 5.92 Å². The van der Waals surface area contributed by atoms with Crippen LogP contribution in [0.2, 0.25) is 10.0 Å². The zero-order valence-electron chi connectivity index (χ0n) is 13.3. The summed E-state index contributed by atoms with van der Waals surface area (Å²) in [5.74, 6) is -0.858. The maximum atomic E-state index is 11.3. The molecule has 1 aliphatic rings. The Morgan fingerprint density at radius 3 is 2.52 bits per heavy atom. The van der Waals surface area contributed by atoms with Crippen molar-refractivity contribution in [3.63, 3.8) is 0 Å². The van der Waals surface area contributed by atoms with Crippen molar-refractivity contribution in [2.45, 2.75) is 44.8 Å². The fraction of sp³-hybridized carbons (Fsp3) is 0.562. The molecule has 1 saturated heterocycles. The number of halogens is 2. The number of ether oxygens (including phenoxy) is 2. The molecule has 0 amide bonds. The zero-order valence-corrected chi connectivity index (χ0v) is 14.8. The topological polar surface area (TPSA) is 67.8 Å². The van der Waals surface area contributed by atoms with E-state index in [9.17, 15) is 9.90 Å². The molecule has 3 unspecified atom stereocenters. The molecule has 7 heteroatoms. The van der Waals surface area contributed by atoms with Crippen molar-refractivity contribution in [1.29, 1.82) is 0 Å². The highest BCUT2D eigenvalue weighted by Crippen LogP contribution is 2.33. The molecule has 0 bridgehead atoms. The van der Waals surface area contributed by atoms with Crippen LogP contribution in [0.4, 0.5) is 0 Å². The quantitative estimate of drug-likeness (QED) is 0.811. The van der Waals surface area contributed by atoms with Crippen molar-refractivity contribution in [2.24, 2.45) is 5.92 Å². The molecule has 2 rings (SSSR count). The molecule has 0 aromatic heterocycles. The molecule has 23 heavy (non-hydrogen) atoms. The molecule has 0 radical (unpaired) electrons. The zero-order chi connectivity index (χ0) is 17.1. The van der Waals surface area contributed by atoms with Crippen LogP contribution in [0.25, 0.3) is 0 Å². The fourth-order valence-corrected chi connectivity index (χ4v) is 3.38. The third-order valence-electron chi connectivity index (χ3n) is 4.05. The molecule has 1 heterocycles. The van der Waals surface area contributed by atoms with Crippen LogP contribution in [0.3, 0.4) is 0 Å². The van der Waals surface area contributed by atoms with E-state index in [1.54, 1.807) is 25.2 Å². The Morgan fingerprint density at radius 1 is 1.39 bits per heavy atom. The normalized spacial score (nSPS) is 26.9. The number of hydrogen-bond acceptors (Lipinski definition) is 4. The van der Waals surface area contributed by atoms with Gasteiger partial charge in [-0.15, -0.1) is 0 Å². The van der Waals surface area contributed by atoms with Gasteiger partial charge in [0.2, 0.25) is 0 Å². The molecule has 128 valence electrons. The molecule has 0 saturated carbocycles. The van der Waals surface area contributed by atoms with Gasteiger partial charge in [0.15, 0.2) is 6.29 Å². The second kappa shape index (κ2) is 7.81. The van der Waals surface area contributed by atoms with Gasteiger partial charge in [0.05, 0.1) is 12.2 Å². The smallest absolute Gasteiger partial charge is 0.323 e.